The maximum Gasteiger partial charge on any atom is 0.126 e. The molecule has 0 heterocycles. The Morgan fingerprint density at radius 3 is 2.53 bits per heavy atom. The number of methoxy groups -OCH3 is 1. The Labute approximate surface area is 114 Å². The predicted molar refractivity (Wildman–Crippen MR) is 80.2 cm³/mol. The maximum atomic E-state index is 5.51. The van der Waals surface area contributed by atoms with Crippen molar-refractivity contribution < 1.29 is 4.74 Å². The van der Waals surface area contributed by atoms with Crippen molar-refractivity contribution in [3.8, 4) is 5.75 Å². The van der Waals surface area contributed by atoms with Gasteiger partial charge < -0.3 is 4.74 Å². The molecule has 1 nitrogen and oxygen atoms in total. The van der Waals surface area contributed by atoms with Crippen LogP contribution in [0.3, 0.4) is 0 Å². The Morgan fingerprint density at radius 1 is 0.895 bits per heavy atom. The number of rotatable bonds is 2. The van der Waals surface area contributed by atoms with Gasteiger partial charge >= 0.3 is 0 Å². The summed E-state index contributed by atoms with van der Waals surface area (Å²) in [5.74, 6) is 0.979. The van der Waals surface area contributed by atoms with Gasteiger partial charge in [0, 0.05) is 5.56 Å². The van der Waals surface area contributed by atoms with Gasteiger partial charge in [-0.3, -0.25) is 0 Å². The molecule has 0 N–H and O–H groups in total. The molecule has 96 valence electrons. The standard InChI is InChI=1S/C18H18O/c1-19-18-12-6-10-15-9-5-11-16(13-17(15)18)14-7-3-2-4-8-14/h2-4,6-8,10,12-13H,5,9,11H2,1H3. The predicted octanol–water partition coefficient (Wildman–Crippen LogP) is 4.57. The summed E-state index contributed by atoms with van der Waals surface area (Å²) < 4.78 is 5.51. The van der Waals surface area contributed by atoms with Gasteiger partial charge in [0.25, 0.3) is 0 Å². The van der Waals surface area contributed by atoms with Crippen LogP contribution in [0.15, 0.2) is 48.5 Å². The number of hydrogen-bond acceptors (Lipinski definition) is 1. The molecule has 0 saturated heterocycles. The molecule has 19 heavy (non-hydrogen) atoms. The molecule has 1 heteroatoms. The van der Waals surface area contributed by atoms with E-state index in [0.717, 1.165) is 18.6 Å². The molecule has 1 aliphatic carbocycles. The Morgan fingerprint density at radius 2 is 1.74 bits per heavy atom. The van der Waals surface area contributed by atoms with Crippen LogP contribution in [0.1, 0.15) is 29.5 Å². The Hall–Kier alpha value is -2.02. The van der Waals surface area contributed by atoms with Crippen LogP contribution in [0.25, 0.3) is 11.6 Å². The van der Waals surface area contributed by atoms with Crippen molar-refractivity contribution in [1.29, 1.82) is 0 Å². The minimum Gasteiger partial charge on any atom is -0.496 e. The van der Waals surface area contributed by atoms with Gasteiger partial charge in [-0.05, 0) is 48.1 Å². The summed E-state index contributed by atoms with van der Waals surface area (Å²) in [5.41, 5.74) is 5.37. The molecule has 0 spiro atoms. The Kier molecular flexibility index (Phi) is 3.37. The van der Waals surface area contributed by atoms with Gasteiger partial charge in [-0.1, -0.05) is 42.5 Å². The van der Waals surface area contributed by atoms with Gasteiger partial charge in [-0.2, -0.15) is 0 Å². The van der Waals surface area contributed by atoms with E-state index in [1.54, 1.807) is 7.11 Å². The highest BCUT2D eigenvalue weighted by Gasteiger charge is 2.13. The third kappa shape index (κ3) is 2.41. The molecule has 0 aliphatic heterocycles. The van der Waals surface area contributed by atoms with Crippen LogP contribution in [0.2, 0.25) is 0 Å². The highest BCUT2D eigenvalue weighted by molar-refractivity contribution is 5.84. The summed E-state index contributed by atoms with van der Waals surface area (Å²) >= 11 is 0. The number of aryl methyl sites for hydroxylation is 1. The molecule has 0 bridgehead atoms. The second-order valence-corrected chi connectivity index (χ2v) is 4.92. The number of benzene rings is 2. The zero-order chi connectivity index (χ0) is 13.1. The maximum absolute atomic E-state index is 5.51. The molecular weight excluding hydrogens is 232 g/mol. The first-order valence-electron chi connectivity index (χ1n) is 6.80. The van der Waals surface area contributed by atoms with E-state index in [9.17, 15) is 0 Å². The second-order valence-electron chi connectivity index (χ2n) is 4.92. The first kappa shape index (κ1) is 12.0. The van der Waals surface area contributed by atoms with Crippen LogP contribution in [0, 0.1) is 0 Å². The van der Waals surface area contributed by atoms with Crippen molar-refractivity contribution in [3.63, 3.8) is 0 Å². The van der Waals surface area contributed by atoms with Crippen molar-refractivity contribution in [3.05, 3.63) is 65.2 Å². The molecule has 1 aliphatic rings. The van der Waals surface area contributed by atoms with E-state index >= 15 is 0 Å². The third-order valence-corrected chi connectivity index (χ3v) is 3.73. The van der Waals surface area contributed by atoms with E-state index in [0.29, 0.717) is 0 Å². The van der Waals surface area contributed by atoms with E-state index in [2.05, 4.69) is 48.5 Å². The number of allylic oxidation sites excluding steroid dienone is 1. The van der Waals surface area contributed by atoms with E-state index in [1.165, 1.54) is 28.7 Å². The SMILES string of the molecule is COc1cccc2c1C=C(c1ccccc1)CCC2. The second kappa shape index (κ2) is 5.31. The van der Waals surface area contributed by atoms with E-state index < -0.39 is 0 Å². The zero-order valence-corrected chi connectivity index (χ0v) is 11.2. The van der Waals surface area contributed by atoms with Crippen LogP contribution in [-0.4, -0.2) is 7.11 Å². The lowest BCUT2D eigenvalue weighted by Crippen LogP contribution is -1.92. The highest BCUT2D eigenvalue weighted by atomic mass is 16.5. The normalized spacial score (nSPS) is 14.3. The van der Waals surface area contributed by atoms with E-state index in [4.69, 9.17) is 4.74 Å². The largest absolute Gasteiger partial charge is 0.496 e. The van der Waals surface area contributed by atoms with E-state index in [-0.39, 0.29) is 0 Å². The molecule has 0 unspecified atom stereocenters. The van der Waals surface area contributed by atoms with Crippen LogP contribution >= 0.6 is 0 Å². The molecule has 2 aromatic carbocycles. The lowest BCUT2D eigenvalue weighted by molar-refractivity contribution is 0.413. The summed E-state index contributed by atoms with van der Waals surface area (Å²) in [7, 11) is 1.75. The van der Waals surface area contributed by atoms with E-state index in [1.807, 2.05) is 6.07 Å². The minimum atomic E-state index is 0.979. The average Bonchev–Trinajstić information content (AvgIpc) is 2.70. The number of fused-ring (bicyclic) bond motifs is 1. The van der Waals surface area contributed by atoms with Crippen LogP contribution in [0.4, 0.5) is 0 Å². The monoisotopic (exact) mass is 250 g/mol. The molecule has 3 rings (SSSR count). The topological polar surface area (TPSA) is 9.23 Å². The van der Waals surface area contributed by atoms with Gasteiger partial charge in [-0.15, -0.1) is 0 Å². The first-order chi connectivity index (χ1) is 9.38. The Bertz CT molecular complexity index is 596. The van der Waals surface area contributed by atoms with Gasteiger partial charge in [0.2, 0.25) is 0 Å². The van der Waals surface area contributed by atoms with Crippen LogP contribution in [0.5, 0.6) is 5.75 Å². The highest BCUT2D eigenvalue weighted by Crippen LogP contribution is 2.33. The van der Waals surface area contributed by atoms with Crippen LogP contribution in [-0.2, 0) is 6.42 Å². The molecule has 0 saturated carbocycles. The molecule has 0 amide bonds. The van der Waals surface area contributed by atoms with Crippen molar-refractivity contribution in [2.75, 3.05) is 7.11 Å². The summed E-state index contributed by atoms with van der Waals surface area (Å²) in [5, 5.41) is 0. The lowest BCUT2D eigenvalue weighted by atomic mass is 10.0. The summed E-state index contributed by atoms with van der Waals surface area (Å²) in [6.07, 6.45) is 5.75. The minimum absolute atomic E-state index is 0.979. The summed E-state index contributed by atoms with van der Waals surface area (Å²) in [6, 6.07) is 17.0. The van der Waals surface area contributed by atoms with Gasteiger partial charge in [0.1, 0.15) is 5.75 Å². The average molecular weight is 250 g/mol. The van der Waals surface area contributed by atoms with Gasteiger partial charge in [0.15, 0.2) is 0 Å². The Balaban J connectivity index is 2.10. The fourth-order valence-electron chi connectivity index (χ4n) is 2.74. The quantitative estimate of drug-likeness (QED) is 0.758. The smallest absolute Gasteiger partial charge is 0.126 e. The van der Waals surface area contributed by atoms with Crippen molar-refractivity contribution in [2.45, 2.75) is 19.3 Å². The molecular formula is C18H18O. The van der Waals surface area contributed by atoms with Crippen molar-refractivity contribution in [2.24, 2.45) is 0 Å². The van der Waals surface area contributed by atoms with Gasteiger partial charge in [-0.25, -0.2) is 0 Å². The molecule has 0 radical (unpaired) electrons. The third-order valence-electron chi connectivity index (χ3n) is 3.73. The molecule has 2 aromatic rings. The van der Waals surface area contributed by atoms with Crippen LogP contribution < -0.4 is 4.74 Å². The molecule has 0 aromatic heterocycles. The van der Waals surface area contributed by atoms with Crippen molar-refractivity contribution in [1.82, 2.24) is 0 Å². The zero-order valence-electron chi connectivity index (χ0n) is 11.2. The number of hydrogen-bond donors (Lipinski definition) is 0. The first-order valence-corrected chi connectivity index (χ1v) is 6.80. The fraction of sp³-hybridized carbons (Fsp3) is 0.222. The lowest BCUT2D eigenvalue weighted by Gasteiger charge is -2.09. The molecule has 0 atom stereocenters. The fourth-order valence-corrected chi connectivity index (χ4v) is 2.74. The van der Waals surface area contributed by atoms with Gasteiger partial charge in [0.05, 0.1) is 7.11 Å². The summed E-state index contributed by atoms with van der Waals surface area (Å²) in [4.78, 5) is 0. The van der Waals surface area contributed by atoms with Crippen molar-refractivity contribution >= 4 is 11.6 Å². The number of ether oxygens (including phenoxy) is 1. The molecule has 0 fully saturated rings. The summed E-state index contributed by atoms with van der Waals surface area (Å²) in [6.45, 7) is 0.